The van der Waals surface area contributed by atoms with Crippen LogP contribution in [0.2, 0.25) is 0 Å². The van der Waals surface area contributed by atoms with Crippen LogP contribution < -0.4 is 5.73 Å². The van der Waals surface area contributed by atoms with Crippen molar-refractivity contribution in [2.45, 2.75) is 17.4 Å². The SMILES string of the molecule is NC(CCN1CCN(CO[P+](=O)O)CC1)CSc1ccccc1. The van der Waals surface area contributed by atoms with E-state index in [0.29, 0.717) is 0 Å². The Morgan fingerprint density at radius 3 is 2.52 bits per heavy atom. The molecular formula is C15H25N3O3PS+. The fourth-order valence-corrected chi connectivity index (χ4v) is 3.61. The van der Waals surface area contributed by atoms with E-state index in [1.165, 1.54) is 4.90 Å². The number of benzene rings is 1. The lowest BCUT2D eigenvalue weighted by Gasteiger charge is -2.33. The number of hydrogen-bond acceptors (Lipinski definition) is 6. The lowest BCUT2D eigenvalue weighted by atomic mass is 10.2. The van der Waals surface area contributed by atoms with Crippen LogP contribution in [0.25, 0.3) is 0 Å². The molecule has 0 saturated carbocycles. The predicted octanol–water partition coefficient (Wildman–Crippen LogP) is 1.74. The Morgan fingerprint density at radius 2 is 1.87 bits per heavy atom. The minimum absolute atomic E-state index is 0.194. The van der Waals surface area contributed by atoms with Gasteiger partial charge in [-0.25, -0.2) is 0 Å². The van der Waals surface area contributed by atoms with E-state index < -0.39 is 8.25 Å². The topological polar surface area (TPSA) is 79.0 Å². The Morgan fingerprint density at radius 1 is 1.22 bits per heavy atom. The van der Waals surface area contributed by atoms with E-state index in [1.807, 2.05) is 23.1 Å². The van der Waals surface area contributed by atoms with E-state index in [2.05, 4.69) is 17.0 Å². The molecule has 1 aromatic carbocycles. The van der Waals surface area contributed by atoms with Crippen molar-refractivity contribution in [3.05, 3.63) is 30.3 Å². The third kappa shape index (κ3) is 7.72. The predicted molar refractivity (Wildman–Crippen MR) is 93.5 cm³/mol. The van der Waals surface area contributed by atoms with E-state index >= 15 is 0 Å². The summed E-state index contributed by atoms with van der Waals surface area (Å²) in [7, 11) is -2.50. The second kappa shape index (κ2) is 10.4. The zero-order chi connectivity index (χ0) is 16.5. The van der Waals surface area contributed by atoms with Crippen molar-refractivity contribution in [2.24, 2.45) is 5.73 Å². The molecule has 0 bridgehead atoms. The van der Waals surface area contributed by atoms with Crippen LogP contribution >= 0.6 is 20.0 Å². The zero-order valence-corrected chi connectivity index (χ0v) is 14.9. The van der Waals surface area contributed by atoms with Crippen molar-refractivity contribution in [2.75, 3.05) is 45.2 Å². The number of rotatable bonds is 9. The zero-order valence-electron chi connectivity index (χ0n) is 13.2. The maximum absolute atomic E-state index is 10.5. The van der Waals surface area contributed by atoms with Gasteiger partial charge in [0.2, 0.25) is 0 Å². The molecule has 128 valence electrons. The molecule has 6 nitrogen and oxygen atoms in total. The maximum atomic E-state index is 10.5. The van der Waals surface area contributed by atoms with Crippen LogP contribution in [-0.2, 0) is 9.09 Å². The molecule has 2 atom stereocenters. The first kappa shape index (κ1) is 18.8. The standard InChI is InChI=1S/C15H24N3O3PS/c16-14(12-23-15-4-2-1-3-5-15)6-7-17-8-10-18(11-9-17)13-21-22(19)20/h1-5,14H,6-13,16H2/p+1. The highest BCUT2D eigenvalue weighted by Crippen LogP contribution is 2.18. The van der Waals surface area contributed by atoms with Gasteiger partial charge in [0, 0.05) is 47.4 Å². The van der Waals surface area contributed by atoms with Crippen LogP contribution in [0, 0.1) is 0 Å². The number of piperazine rings is 1. The molecule has 8 heteroatoms. The van der Waals surface area contributed by atoms with Crippen LogP contribution in [0.5, 0.6) is 0 Å². The van der Waals surface area contributed by atoms with Crippen molar-refractivity contribution >= 4 is 20.0 Å². The summed E-state index contributed by atoms with van der Waals surface area (Å²) >= 11 is 1.81. The Hall–Kier alpha value is -0.530. The second-order valence-corrected chi connectivity index (χ2v) is 7.46. The molecule has 1 heterocycles. The first-order valence-electron chi connectivity index (χ1n) is 7.80. The number of hydrogen-bond donors (Lipinski definition) is 2. The van der Waals surface area contributed by atoms with Crippen molar-refractivity contribution < 1.29 is 14.0 Å². The molecule has 0 radical (unpaired) electrons. The smallest absolute Gasteiger partial charge is 0.327 e. The average Bonchev–Trinajstić information content (AvgIpc) is 2.58. The van der Waals surface area contributed by atoms with E-state index in [1.54, 1.807) is 11.8 Å². The number of nitrogens with zero attached hydrogens (tertiary/aromatic N) is 2. The second-order valence-electron chi connectivity index (χ2n) is 5.63. The third-order valence-corrected chi connectivity index (χ3v) is 5.38. The lowest BCUT2D eigenvalue weighted by molar-refractivity contribution is 0.0638. The molecule has 23 heavy (non-hydrogen) atoms. The Labute approximate surface area is 142 Å². The molecule has 0 amide bonds. The van der Waals surface area contributed by atoms with Crippen LogP contribution in [0.1, 0.15) is 6.42 Å². The molecule has 0 aliphatic carbocycles. The summed E-state index contributed by atoms with van der Waals surface area (Å²) in [6.07, 6.45) is 0.985. The van der Waals surface area contributed by atoms with Gasteiger partial charge in [0.05, 0.1) is 0 Å². The highest BCUT2D eigenvalue weighted by molar-refractivity contribution is 7.99. The summed E-state index contributed by atoms with van der Waals surface area (Å²) in [6, 6.07) is 10.5. The van der Waals surface area contributed by atoms with Crippen molar-refractivity contribution in [3.8, 4) is 0 Å². The van der Waals surface area contributed by atoms with Gasteiger partial charge in [-0.1, -0.05) is 18.2 Å². The van der Waals surface area contributed by atoms with Crippen LogP contribution in [-0.4, -0.2) is 65.9 Å². The minimum atomic E-state index is -2.50. The van der Waals surface area contributed by atoms with Gasteiger partial charge in [0.15, 0.2) is 6.73 Å². The van der Waals surface area contributed by atoms with Gasteiger partial charge in [0.25, 0.3) is 0 Å². The van der Waals surface area contributed by atoms with E-state index in [-0.39, 0.29) is 12.8 Å². The van der Waals surface area contributed by atoms with Gasteiger partial charge in [-0.15, -0.1) is 21.2 Å². The van der Waals surface area contributed by atoms with Crippen molar-refractivity contribution in [1.82, 2.24) is 9.80 Å². The quantitative estimate of drug-likeness (QED) is 0.514. The molecule has 0 spiro atoms. The van der Waals surface area contributed by atoms with Crippen LogP contribution in [0.3, 0.4) is 0 Å². The highest BCUT2D eigenvalue weighted by atomic mass is 32.2. The summed E-state index contributed by atoms with van der Waals surface area (Å²) in [5, 5.41) is 0. The van der Waals surface area contributed by atoms with Gasteiger partial charge < -0.3 is 10.6 Å². The van der Waals surface area contributed by atoms with Gasteiger partial charge >= 0.3 is 8.25 Å². The van der Waals surface area contributed by atoms with E-state index in [0.717, 1.165) is 44.9 Å². The van der Waals surface area contributed by atoms with Gasteiger partial charge in [-0.2, -0.15) is 0 Å². The minimum Gasteiger partial charge on any atom is -0.327 e. The van der Waals surface area contributed by atoms with Gasteiger partial charge in [-0.05, 0) is 25.1 Å². The molecule has 1 aliphatic rings. The Bertz CT molecular complexity index is 472. The first-order chi connectivity index (χ1) is 11.1. The molecule has 0 aromatic heterocycles. The molecule has 1 saturated heterocycles. The maximum Gasteiger partial charge on any atom is 0.696 e. The van der Waals surface area contributed by atoms with Gasteiger partial charge in [0.1, 0.15) is 0 Å². The molecule has 3 N–H and O–H groups in total. The molecular weight excluding hydrogens is 333 g/mol. The number of nitrogens with two attached hydrogens (primary N) is 1. The molecule has 1 aromatic rings. The monoisotopic (exact) mass is 358 g/mol. The van der Waals surface area contributed by atoms with Crippen LogP contribution in [0.4, 0.5) is 0 Å². The van der Waals surface area contributed by atoms with Crippen molar-refractivity contribution in [1.29, 1.82) is 0 Å². The molecule has 2 rings (SSSR count). The first-order valence-corrected chi connectivity index (χ1v) is 9.92. The van der Waals surface area contributed by atoms with E-state index in [9.17, 15) is 4.57 Å². The fourth-order valence-electron chi connectivity index (χ4n) is 2.42. The largest absolute Gasteiger partial charge is 0.696 e. The number of thioether (sulfide) groups is 1. The molecule has 1 aliphatic heterocycles. The van der Waals surface area contributed by atoms with Crippen molar-refractivity contribution in [3.63, 3.8) is 0 Å². The van der Waals surface area contributed by atoms with E-state index in [4.69, 9.17) is 15.2 Å². The fraction of sp³-hybridized carbons (Fsp3) is 0.600. The lowest BCUT2D eigenvalue weighted by Crippen LogP contribution is -2.47. The molecule has 1 fully saturated rings. The summed E-state index contributed by atoms with van der Waals surface area (Å²) in [6.45, 7) is 4.84. The summed E-state index contributed by atoms with van der Waals surface area (Å²) in [4.78, 5) is 14.3. The molecule has 2 unspecified atom stereocenters. The highest BCUT2D eigenvalue weighted by Gasteiger charge is 2.21. The summed E-state index contributed by atoms with van der Waals surface area (Å²) in [5.74, 6) is 0.932. The van der Waals surface area contributed by atoms with Gasteiger partial charge in [-0.3, -0.25) is 4.90 Å². The Balaban J connectivity index is 1.57. The van der Waals surface area contributed by atoms with Crippen LogP contribution in [0.15, 0.2) is 35.2 Å². The summed E-state index contributed by atoms with van der Waals surface area (Å²) < 4.78 is 15.3. The average molecular weight is 358 g/mol. The Kier molecular flexibility index (Phi) is 8.47. The summed E-state index contributed by atoms with van der Waals surface area (Å²) in [5.41, 5.74) is 6.21. The third-order valence-electron chi connectivity index (χ3n) is 3.84. The normalized spacial score (nSPS) is 18.8.